The minimum absolute atomic E-state index is 0.120. The van der Waals surface area contributed by atoms with Gasteiger partial charge in [-0.2, -0.15) is 0 Å². The summed E-state index contributed by atoms with van der Waals surface area (Å²) < 4.78 is 5.31. The maximum absolute atomic E-state index is 12.6. The van der Waals surface area contributed by atoms with Crippen LogP contribution in [0, 0.1) is 6.92 Å². The number of carbonyl (C=O) groups is 1. The Morgan fingerprint density at radius 3 is 2.35 bits per heavy atom. The van der Waals surface area contributed by atoms with Crippen LogP contribution >= 0.6 is 11.8 Å². The van der Waals surface area contributed by atoms with Crippen LogP contribution in [0.15, 0.2) is 77.8 Å². The van der Waals surface area contributed by atoms with Gasteiger partial charge in [-0.3, -0.25) is 4.79 Å². The second kappa shape index (κ2) is 9.62. The third-order valence-corrected chi connectivity index (χ3v) is 5.83. The van der Waals surface area contributed by atoms with Crippen molar-refractivity contribution in [3.63, 3.8) is 0 Å². The van der Waals surface area contributed by atoms with Gasteiger partial charge in [0, 0.05) is 6.42 Å². The molecule has 1 amide bonds. The molecule has 0 radical (unpaired) electrons. The summed E-state index contributed by atoms with van der Waals surface area (Å²) in [4.78, 5) is 22.2. The number of amides is 1. The molecular formula is C25H23N3O2S. The highest BCUT2D eigenvalue weighted by Crippen LogP contribution is 2.26. The van der Waals surface area contributed by atoms with Gasteiger partial charge in [0.2, 0.25) is 5.91 Å². The van der Waals surface area contributed by atoms with E-state index >= 15 is 0 Å². The number of aromatic nitrogens is 2. The highest BCUT2D eigenvalue weighted by Gasteiger charge is 2.14. The van der Waals surface area contributed by atoms with Gasteiger partial charge >= 0.3 is 0 Å². The highest BCUT2D eigenvalue weighted by molar-refractivity contribution is 8.00. The molecule has 3 aromatic carbocycles. The van der Waals surface area contributed by atoms with Crippen molar-refractivity contribution in [1.82, 2.24) is 9.97 Å². The summed E-state index contributed by atoms with van der Waals surface area (Å²) in [5.74, 6) is 0.739. The summed E-state index contributed by atoms with van der Waals surface area (Å²) in [5.41, 5.74) is 5.58. The molecule has 1 heterocycles. The van der Waals surface area contributed by atoms with Crippen LogP contribution in [0.3, 0.4) is 0 Å². The topological polar surface area (TPSA) is 64.1 Å². The van der Waals surface area contributed by atoms with Crippen LogP contribution in [0.4, 0.5) is 5.69 Å². The van der Waals surface area contributed by atoms with E-state index in [-0.39, 0.29) is 11.7 Å². The van der Waals surface area contributed by atoms with Gasteiger partial charge in [-0.05, 0) is 36.8 Å². The van der Waals surface area contributed by atoms with Gasteiger partial charge in [0.15, 0.2) is 0 Å². The fraction of sp³-hybridized carbons (Fsp3) is 0.160. The summed E-state index contributed by atoms with van der Waals surface area (Å²) in [6.07, 6.45) is 0.661. The van der Waals surface area contributed by atoms with E-state index in [4.69, 9.17) is 14.7 Å². The Hall–Kier alpha value is -3.38. The van der Waals surface area contributed by atoms with E-state index < -0.39 is 0 Å². The lowest BCUT2D eigenvalue weighted by Crippen LogP contribution is -2.15. The number of rotatable bonds is 7. The van der Waals surface area contributed by atoms with Crippen molar-refractivity contribution in [2.45, 2.75) is 18.4 Å². The Balaban J connectivity index is 1.55. The molecule has 0 saturated heterocycles. The molecule has 0 fully saturated rings. The number of hydrogen-bond donors (Lipinski definition) is 1. The molecule has 0 aliphatic heterocycles. The van der Waals surface area contributed by atoms with Crippen LogP contribution in [0.25, 0.3) is 11.0 Å². The van der Waals surface area contributed by atoms with Crippen molar-refractivity contribution in [2.75, 3.05) is 18.2 Å². The van der Waals surface area contributed by atoms with E-state index in [1.54, 1.807) is 7.11 Å². The molecule has 4 aromatic rings. The normalized spacial score (nSPS) is 10.8. The number of para-hydroxylation sites is 4. The SMILES string of the molecule is COc1ccccc1NC(=O)CSc1nc2ccccc2nc1Cc1ccc(C)cc1. The minimum atomic E-state index is -0.120. The van der Waals surface area contributed by atoms with Crippen LogP contribution in [-0.4, -0.2) is 28.7 Å². The average Bonchev–Trinajstić information content (AvgIpc) is 2.79. The van der Waals surface area contributed by atoms with Crippen molar-refractivity contribution < 1.29 is 9.53 Å². The number of hydrogen-bond acceptors (Lipinski definition) is 5. The van der Waals surface area contributed by atoms with E-state index in [0.29, 0.717) is 17.9 Å². The molecule has 0 spiro atoms. The summed E-state index contributed by atoms with van der Waals surface area (Å²) in [6, 6.07) is 23.6. The number of aryl methyl sites for hydroxylation is 1. The first-order chi connectivity index (χ1) is 15.1. The lowest BCUT2D eigenvalue weighted by Gasteiger charge is -2.11. The second-order valence-corrected chi connectivity index (χ2v) is 8.13. The summed E-state index contributed by atoms with van der Waals surface area (Å²) in [5, 5.41) is 3.68. The predicted octanol–water partition coefficient (Wildman–Crippen LogP) is 5.27. The Morgan fingerprint density at radius 2 is 1.61 bits per heavy atom. The fourth-order valence-corrected chi connectivity index (χ4v) is 4.01. The largest absolute Gasteiger partial charge is 0.495 e. The van der Waals surface area contributed by atoms with Crippen LogP contribution in [-0.2, 0) is 11.2 Å². The van der Waals surface area contributed by atoms with Crippen molar-refractivity contribution >= 4 is 34.4 Å². The summed E-state index contributed by atoms with van der Waals surface area (Å²) in [6.45, 7) is 2.07. The zero-order valence-electron chi connectivity index (χ0n) is 17.5. The molecule has 5 nitrogen and oxygen atoms in total. The predicted molar refractivity (Wildman–Crippen MR) is 126 cm³/mol. The molecule has 31 heavy (non-hydrogen) atoms. The number of methoxy groups -OCH3 is 1. The van der Waals surface area contributed by atoms with Crippen LogP contribution in [0.2, 0.25) is 0 Å². The molecule has 0 bridgehead atoms. The maximum atomic E-state index is 12.6. The van der Waals surface area contributed by atoms with Crippen LogP contribution in [0.1, 0.15) is 16.8 Å². The second-order valence-electron chi connectivity index (χ2n) is 7.16. The minimum Gasteiger partial charge on any atom is -0.495 e. The average molecular weight is 430 g/mol. The molecule has 0 aliphatic rings. The van der Waals surface area contributed by atoms with Gasteiger partial charge in [0.25, 0.3) is 0 Å². The number of fused-ring (bicyclic) bond motifs is 1. The molecule has 156 valence electrons. The van der Waals surface area contributed by atoms with Gasteiger partial charge in [0.1, 0.15) is 10.8 Å². The first-order valence-corrected chi connectivity index (χ1v) is 11.0. The van der Waals surface area contributed by atoms with E-state index in [0.717, 1.165) is 27.3 Å². The molecular weight excluding hydrogens is 406 g/mol. The van der Waals surface area contributed by atoms with Gasteiger partial charge in [-0.25, -0.2) is 9.97 Å². The van der Waals surface area contributed by atoms with E-state index in [9.17, 15) is 4.79 Å². The molecule has 1 aromatic heterocycles. The smallest absolute Gasteiger partial charge is 0.234 e. The Morgan fingerprint density at radius 1 is 0.935 bits per heavy atom. The van der Waals surface area contributed by atoms with E-state index in [1.807, 2.05) is 48.5 Å². The summed E-state index contributed by atoms with van der Waals surface area (Å²) in [7, 11) is 1.59. The monoisotopic (exact) mass is 429 g/mol. The van der Waals surface area contributed by atoms with Gasteiger partial charge in [-0.1, -0.05) is 65.9 Å². The van der Waals surface area contributed by atoms with Gasteiger partial charge < -0.3 is 10.1 Å². The van der Waals surface area contributed by atoms with Gasteiger partial charge in [0.05, 0.1) is 35.3 Å². The standard InChI is InChI=1S/C25H23N3O2S/c1-17-11-13-18(14-12-17)15-22-25(28-20-8-4-3-7-19(20)26-22)31-16-24(29)27-21-9-5-6-10-23(21)30-2/h3-14H,15-16H2,1-2H3,(H,27,29). The van der Waals surface area contributed by atoms with Crippen LogP contribution < -0.4 is 10.1 Å². The Kier molecular flexibility index (Phi) is 6.48. The van der Waals surface area contributed by atoms with Crippen molar-refractivity contribution in [1.29, 1.82) is 0 Å². The van der Waals surface area contributed by atoms with Crippen molar-refractivity contribution in [2.24, 2.45) is 0 Å². The Labute approximate surface area is 185 Å². The first kappa shape index (κ1) is 20.9. The number of benzene rings is 3. The molecule has 0 saturated carbocycles. The molecule has 6 heteroatoms. The fourth-order valence-electron chi connectivity index (χ4n) is 3.22. The van der Waals surface area contributed by atoms with E-state index in [1.165, 1.54) is 17.3 Å². The van der Waals surface area contributed by atoms with E-state index in [2.05, 4.69) is 36.5 Å². The molecule has 0 unspecified atom stereocenters. The molecule has 0 atom stereocenters. The number of carbonyl (C=O) groups excluding carboxylic acids is 1. The lowest BCUT2D eigenvalue weighted by atomic mass is 10.1. The molecule has 1 N–H and O–H groups in total. The first-order valence-electron chi connectivity index (χ1n) is 9.99. The number of ether oxygens (including phenoxy) is 1. The molecule has 0 aliphatic carbocycles. The van der Waals surface area contributed by atoms with Gasteiger partial charge in [-0.15, -0.1) is 0 Å². The van der Waals surface area contributed by atoms with Crippen LogP contribution in [0.5, 0.6) is 5.75 Å². The highest BCUT2D eigenvalue weighted by atomic mass is 32.2. The summed E-state index contributed by atoms with van der Waals surface area (Å²) >= 11 is 1.40. The molecule has 4 rings (SSSR count). The van der Waals surface area contributed by atoms with Crippen molar-refractivity contribution in [3.8, 4) is 5.75 Å². The Bertz CT molecular complexity index is 1210. The zero-order chi connectivity index (χ0) is 21.6. The maximum Gasteiger partial charge on any atom is 0.234 e. The van der Waals surface area contributed by atoms with Crippen molar-refractivity contribution in [3.05, 3.63) is 89.6 Å². The number of anilines is 1. The number of nitrogens with zero attached hydrogens (tertiary/aromatic N) is 2. The zero-order valence-corrected chi connectivity index (χ0v) is 18.3. The quantitative estimate of drug-likeness (QED) is 0.406. The number of thioether (sulfide) groups is 1. The number of nitrogens with one attached hydrogen (secondary N) is 1. The third kappa shape index (κ3) is 5.22. The lowest BCUT2D eigenvalue weighted by molar-refractivity contribution is -0.113. The third-order valence-electron chi connectivity index (χ3n) is 4.82.